The van der Waals surface area contributed by atoms with E-state index in [0.29, 0.717) is 12.2 Å². The molecule has 0 unspecified atom stereocenters. The Hall–Kier alpha value is -1.25. The number of allylic oxidation sites excluding steroid dienone is 2. The van der Waals surface area contributed by atoms with E-state index in [-0.39, 0.29) is 5.97 Å². The lowest BCUT2D eigenvalue weighted by Gasteiger charge is -2.18. The summed E-state index contributed by atoms with van der Waals surface area (Å²) in [6, 6.07) is 0. The maximum absolute atomic E-state index is 11.4. The van der Waals surface area contributed by atoms with Crippen LogP contribution in [0.3, 0.4) is 0 Å². The Kier molecular flexibility index (Phi) is 4.95. The molecule has 3 nitrogen and oxygen atoms in total. The van der Waals surface area contributed by atoms with Gasteiger partial charge in [0, 0.05) is 6.42 Å². The van der Waals surface area contributed by atoms with Crippen LogP contribution in [0.1, 0.15) is 32.6 Å². The molecule has 0 N–H and O–H groups in total. The summed E-state index contributed by atoms with van der Waals surface area (Å²) in [5.41, 5.74) is 0.716. The summed E-state index contributed by atoms with van der Waals surface area (Å²) in [5.74, 6) is 0.566. The summed E-state index contributed by atoms with van der Waals surface area (Å²) < 4.78 is 10.3. The Morgan fingerprint density at radius 1 is 1.40 bits per heavy atom. The maximum Gasteiger partial charge on any atom is 0.337 e. The summed E-state index contributed by atoms with van der Waals surface area (Å²) in [6.45, 7) is 2.48. The van der Waals surface area contributed by atoms with Crippen molar-refractivity contribution in [2.45, 2.75) is 32.6 Å². The Balaban J connectivity index is 2.67. The maximum atomic E-state index is 11.4. The van der Waals surface area contributed by atoms with Crippen LogP contribution in [0.15, 0.2) is 23.5 Å². The van der Waals surface area contributed by atoms with Gasteiger partial charge in [0.15, 0.2) is 0 Å². The van der Waals surface area contributed by atoms with Crippen LogP contribution in [0.4, 0.5) is 0 Å². The van der Waals surface area contributed by atoms with Crippen LogP contribution in [0.5, 0.6) is 0 Å². The van der Waals surface area contributed by atoms with E-state index in [1.807, 2.05) is 19.1 Å². The molecule has 0 saturated heterocycles. The number of carbonyl (C=O) groups excluding carboxylic acids is 1. The molecule has 0 amide bonds. The molecule has 0 aromatic heterocycles. The Labute approximate surface area is 90.8 Å². The predicted molar refractivity (Wildman–Crippen MR) is 58.3 cm³/mol. The molecule has 0 radical (unpaired) electrons. The number of esters is 1. The van der Waals surface area contributed by atoms with Crippen LogP contribution in [0, 0.1) is 0 Å². The highest BCUT2D eigenvalue weighted by molar-refractivity contribution is 5.89. The third kappa shape index (κ3) is 3.42. The Morgan fingerprint density at radius 2 is 2.13 bits per heavy atom. The van der Waals surface area contributed by atoms with Gasteiger partial charge in [-0.2, -0.15) is 0 Å². The molecule has 0 heterocycles. The first kappa shape index (κ1) is 11.8. The summed E-state index contributed by atoms with van der Waals surface area (Å²) in [6.07, 6.45) is 7.62. The highest BCUT2D eigenvalue weighted by Gasteiger charge is 2.20. The third-order valence-electron chi connectivity index (χ3n) is 2.44. The molecule has 0 saturated carbocycles. The van der Waals surface area contributed by atoms with Gasteiger partial charge in [-0.25, -0.2) is 4.79 Å². The van der Waals surface area contributed by atoms with Crippen LogP contribution in [0.25, 0.3) is 0 Å². The second kappa shape index (κ2) is 6.27. The second-order valence-electron chi connectivity index (χ2n) is 3.48. The van der Waals surface area contributed by atoms with Gasteiger partial charge < -0.3 is 9.47 Å². The zero-order chi connectivity index (χ0) is 11.1. The van der Waals surface area contributed by atoms with E-state index in [0.717, 1.165) is 31.4 Å². The fourth-order valence-electron chi connectivity index (χ4n) is 1.62. The average Bonchev–Trinajstić information content (AvgIpc) is 2.29. The van der Waals surface area contributed by atoms with Gasteiger partial charge in [-0.15, -0.1) is 0 Å². The topological polar surface area (TPSA) is 35.5 Å². The third-order valence-corrected chi connectivity index (χ3v) is 2.44. The average molecular weight is 210 g/mol. The van der Waals surface area contributed by atoms with Crippen LogP contribution >= 0.6 is 0 Å². The molecule has 0 aromatic rings. The summed E-state index contributed by atoms with van der Waals surface area (Å²) in [4.78, 5) is 11.4. The van der Waals surface area contributed by atoms with E-state index >= 15 is 0 Å². The molecule has 1 aliphatic carbocycles. The first-order valence-electron chi connectivity index (χ1n) is 5.34. The number of ether oxygens (including phenoxy) is 2. The van der Waals surface area contributed by atoms with Crippen molar-refractivity contribution >= 4 is 5.97 Å². The minimum absolute atomic E-state index is 0.245. The lowest BCUT2D eigenvalue weighted by atomic mass is 9.98. The monoisotopic (exact) mass is 210 g/mol. The highest BCUT2D eigenvalue weighted by Crippen LogP contribution is 2.26. The molecular weight excluding hydrogens is 192 g/mol. The van der Waals surface area contributed by atoms with Crippen LogP contribution < -0.4 is 0 Å². The van der Waals surface area contributed by atoms with E-state index < -0.39 is 0 Å². The van der Waals surface area contributed by atoms with Crippen molar-refractivity contribution in [1.82, 2.24) is 0 Å². The van der Waals surface area contributed by atoms with Gasteiger partial charge in [0.05, 0.1) is 12.7 Å². The second-order valence-corrected chi connectivity index (χ2v) is 3.48. The van der Waals surface area contributed by atoms with Crippen LogP contribution in [-0.2, 0) is 14.3 Å². The van der Waals surface area contributed by atoms with Gasteiger partial charge in [-0.1, -0.05) is 12.2 Å². The minimum atomic E-state index is -0.245. The summed E-state index contributed by atoms with van der Waals surface area (Å²) in [5, 5.41) is 0. The molecule has 3 heteroatoms. The molecule has 0 spiro atoms. The first-order chi connectivity index (χ1) is 7.29. The molecule has 84 valence electrons. The van der Waals surface area contributed by atoms with E-state index in [2.05, 4.69) is 0 Å². The van der Waals surface area contributed by atoms with Crippen molar-refractivity contribution in [1.29, 1.82) is 0 Å². The zero-order valence-electron chi connectivity index (χ0n) is 9.41. The normalized spacial score (nSPS) is 16.9. The molecule has 1 rings (SSSR count). The molecule has 15 heavy (non-hydrogen) atoms. The number of hydrogen-bond donors (Lipinski definition) is 0. The molecule has 0 bridgehead atoms. The Morgan fingerprint density at radius 3 is 2.80 bits per heavy atom. The minimum Gasteiger partial charge on any atom is -0.493 e. The Bertz CT molecular complexity index is 277. The van der Waals surface area contributed by atoms with Crippen LogP contribution in [0.2, 0.25) is 0 Å². The van der Waals surface area contributed by atoms with Crippen molar-refractivity contribution in [2.75, 3.05) is 13.7 Å². The van der Waals surface area contributed by atoms with E-state index in [1.54, 1.807) is 0 Å². The van der Waals surface area contributed by atoms with Crippen LogP contribution in [-0.4, -0.2) is 19.7 Å². The summed E-state index contributed by atoms with van der Waals surface area (Å²) >= 11 is 0. The number of rotatable bonds is 4. The van der Waals surface area contributed by atoms with E-state index in [1.165, 1.54) is 7.11 Å². The number of methoxy groups -OCH3 is 1. The lowest BCUT2D eigenvalue weighted by molar-refractivity contribution is -0.136. The van der Waals surface area contributed by atoms with Crippen molar-refractivity contribution in [3.05, 3.63) is 23.5 Å². The quantitative estimate of drug-likeness (QED) is 0.528. The van der Waals surface area contributed by atoms with Crippen molar-refractivity contribution in [3.63, 3.8) is 0 Å². The molecule has 0 fully saturated rings. The fraction of sp³-hybridized carbons (Fsp3) is 0.583. The zero-order valence-corrected chi connectivity index (χ0v) is 9.41. The van der Waals surface area contributed by atoms with Gasteiger partial charge in [-0.3, -0.25) is 0 Å². The standard InChI is InChI=1S/C12H18O3/c1-3-4-9-15-11-8-6-5-7-10(11)12(13)14-2/h3-4H,5-9H2,1-2H3/b4-3+. The molecule has 1 aliphatic rings. The van der Waals surface area contributed by atoms with Crippen molar-refractivity contribution < 1.29 is 14.3 Å². The number of carbonyl (C=O) groups is 1. The van der Waals surface area contributed by atoms with Gasteiger partial charge in [0.1, 0.15) is 12.4 Å². The van der Waals surface area contributed by atoms with Crippen molar-refractivity contribution in [2.24, 2.45) is 0 Å². The van der Waals surface area contributed by atoms with E-state index in [4.69, 9.17) is 9.47 Å². The molecular formula is C12H18O3. The number of hydrogen-bond acceptors (Lipinski definition) is 3. The smallest absolute Gasteiger partial charge is 0.337 e. The molecule has 0 atom stereocenters. The van der Waals surface area contributed by atoms with Crippen molar-refractivity contribution in [3.8, 4) is 0 Å². The fourth-order valence-corrected chi connectivity index (χ4v) is 1.62. The first-order valence-corrected chi connectivity index (χ1v) is 5.34. The summed E-state index contributed by atoms with van der Waals surface area (Å²) in [7, 11) is 1.41. The highest BCUT2D eigenvalue weighted by atomic mass is 16.5. The lowest BCUT2D eigenvalue weighted by Crippen LogP contribution is -2.13. The van der Waals surface area contributed by atoms with Gasteiger partial charge in [0.25, 0.3) is 0 Å². The van der Waals surface area contributed by atoms with E-state index in [9.17, 15) is 4.79 Å². The predicted octanol–water partition coefficient (Wildman–Crippen LogP) is 2.58. The SMILES string of the molecule is C/C=C/COC1=C(C(=O)OC)CCCC1. The van der Waals surface area contributed by atoms with Gasteiger partial charge >= 0.3 is 5.97 Å². The molecule has 0 aliphatic heterocycles. The largest absolute Gasteiger partial charge is 0.493 e. The van der Waals surface area contributed by atoms with Gasteiger partial charge in [0.2, 0.25) is 0 Å². The molecule has 0 aromatic carbocycles. The van der Waals surface area contributed by atoms with Gasteiger partial charge in [-0.05, 0) is 26.2 Å².